The lowest BCUT2D eigenvalue weighted by Gasteiger charge is -2.23. The molecule has 1 aromatic carbocycles. The van der Waals surface area contributed by atoms with E-state index in [4.69, 9.17) is 0 Å². The molecule has 108 valence electrons. The second-order valence-electron chi connectivity index (χ2n) is 5.47. The summed E-state index contributed by atoms with van der Waals surface area (Å²) < 4.78 is 0. The van der Waals surface area contributed by atoms with Crippen LogP contribution >= 0.6 is 0 Å². The van der Waals surface area contributed by atoms with Crippen molar-refractivity contribution in [3.05, 3.63) is 34.4 Å². The molecule has 5 nitrogen and oxygen atoms in total. The normalized spacial score (nSPS) is 22.1. The summed E-state index contributed by atoms with van der Waals surface area (Å²) in [6.45, 7) is 5.71. The Kier molecular flexibility index (Phi) is 3.81. The molecule has 1 amide bonds. The molecule has 2 atom stereocenters. The molecule has 2 N–H and O–H groups in total. The molecule has 0 spiro atoms. The number of aliphatic hydroxyl groups excluding tert-OH is 1. The standard InChI is InChI=1S/C15H19NO4/c1-8-4-9(2)13(10(3)5-8)14(18)16-7-11(17)6-12(16)15(19)20/h4-5,11-12,17H,6-7H2,1-3H3,(H,19,20)/t11?,12-/m0/s1. The summed E-state index contributed by atoms with van der Waals surface area (Å²) in [7, 11) is 0. The molecule has 2 rings (SSSR count). The Morgan fingerprint density at radius 3 is 2.25 bits per heavy atom. The van der Waals surface area contributed by atoms with Gasteiger partial charge in [-0.2, -0.15) is 0 Å². The van der Waals surface area contributed by atoms with Crippen LogP contribution in [0.5, 0.6) is 0 Å². The van der Waals surface area contributed by atoms with Crippen molar-refractivity contribution in [3.63, 3.8) is 0 Å². The molecule has 1 aliphatic rings. The van der Waals surface area contributed by atoms with Gasteiger partial charge in [-0.05, 0) is 31.9 Å². The molecular formula is C15H19NO4. The molecule has 1 saturated heterocycles. The highest BCUT2D eigenvalue weighted by Gasteiger charge is 2.39. The minimum absolute atomic E-state index is 0.0720. The van der Waals surface area contributed by atoms with Crippen LogP contribution in [-0.2, 0) is 4.79 Å². The number of rotatable bonds is 2. The molecule has 1 aliphatic heterocycles. The van der Waals surface area contributed by atoms with Crippen molar-refractivity contribution >= 4 is 11.9 Å². The molecule has 1 aromatic rings. The predicted molar refractivity (Wildman–Crippen MR) is 73.7 cm³/mol. The number of aliphatic carboxylic acids is 1. The van der Waals surface area contributed by atoms with E-state index in [1.165, 1.54) is 4.90 Å². The molecule has 5 heteroatoms. The molecule has 0 bridgehead atoms. The van der Waals surface area contributed by atoms with E-state index >= 15 is 0 Å². The summed E-state index contributed by atoms with van der Waals surface area (Å²) in [5, 5.41) is 18.8. The van der Waals surface area contributed by atoms with E-state index < -0.39 is 18.1 Å². The van der Waals surface area contributed by atoms with Crippen LogP contribution < -0.4 is 0 Å². The van der Waals surface area contributed by atoms with Crippen LogP contribution in [0.4, 0.5) is 0 Å². The van der Waals surface area contributed by atoms with Gasteiger partial charge in [0.2, 0.25) is 0 Å². The van der Waals surface area contributed by atoms with Gasteiger partial charge >= 0.3 is 5.97 Å². The molecule has 0 saturated carbocycles. The Morgan fingerprint density at radius 2 is 1.75 bits per heavy atom. The fourth-order valence-corrected chi connectivity index (χ4v) is 2.93. The van der Waals surface area contributed by atoms with E-state index in [2.05, 4.69) is 0 Å². The van der Waals surface area contributed by atoms with Crippen LogP contribution in [0, 0.1) is 20.8 Å². The number of likely N-dealkylation sites (tertiary alicyclic amines) is 1. The first kappa shape index (κ1) is 14.5. The van der Waals surface area contributed by atoms with Gasteiger partial charge in [-0.1, -0.05) is 17.7 Å². The lowest BCUT2D eigenvalue weighted by atomic mass is 9.98. The van der Waals surface area contributed by atoms with Gasteiger partial charge in [0.15, 0.2) is 0 Å². The Hall–Kier alpha value is -1.88. The molecule has 1 fully saturated rings. The maximum Gasteiger partial charge on any atom is 0.326 e. The van der Waals surface area contributed by atoms with Crippen molar-refractivity contribution in [2.75, 3.05) is 6.54 Å². The third kappa shape index (κ3) is 2.54. The summed E-state index contributed by atoms with van der Waals surface area (Å²) in [4.78, 5) is 25.1. The smallest absolute Gasteiger partial charge is 0.326 e. The number of nitrogens with zero attached hydrogens (tertiary/aromatic N) is 1. The van der Waals surface area contributed by atoms with Crippen LogP contribution in [0.3, 0.4) is 0 Å². The van der Waals surface area contributed by atoms with E-state index in [9.17, 15) is 19.8 Å². The van der Waals surface area contributed by atoms with Gasteiger partial charge < -0.3 is 15.1 Å². The fourth-order valence-electron chi connectivity index (χ4n) is 2.93. The van der Waals surface area contributed by atoms with E-state index in [1.807, 2.05) is 32.9 Å². The zero-order valence-electron chi connectivity index (χ0n) is 11.9. The van der Waals surface area contributed by atoms with Gasteiger partial charge in [-0.15, -0.1) is 0 Å². The second-order valence-corrected chi connectivity index (χ2v) is 5.47. The Labute approximate surface area is 117 Å². The second kappa shape index (κ2) is 5.25. The minimum Gasteiger partial charge on any atom is -0.480 e. The van der Waals surface area contributed by atoms with E-state index in [0.29, 0.717) is 5.56 Å². The highest BCUT2D eigenvalue weighted by atomic mass is 16.4. The molecule has 0 radical (unpaired) electrons. The summed E-state index contributed by atoms with van der Waals surface area (Å²) in [6.07, 6.45) is -0.684. The van der Waals surface area contributed by atoms with Crippen molar-refractivity contribution in [1.82, 2.24) is 4.90 Å². The highest BCUT2D eigenvalue weighted by molar-refractivity contribution is 5.99. The first-order valence-electron chi connectivity index (χ1n) is 6.61. The summed E-state index contributed by atoms with van der Waals surface area (Å²) in [5.74, 6) is -1.39. The summed E-state index contributed by atoms with van der Waals surface area (Å²) in [6, 6.07) is 2.86. The zero-order valence-corrected chi connectivity index (χ0v) is 11.9. The number of carbonyl (C=O) groups excluding carboxylic acids is 1. The van der Waals surface area contributed by atoms with Crippen molar-refractivity contribution in [3.8, 4) is 0 Å². The molecule has 20 heavy (non-hydrogen) atoms. The number of carboxylic acid groups (broad SMARTS) is 1. The summed E-state index contributed by atoms with van der Waals surface area (Å²) in [5.41, 5.74) is 3.26. The number of hydrogen-bond donors (Lipinski definition) is 2. The average molecular weight is 277 g/mol. The van der Waals surface area contributed by atoms with Crippen molar-refractivity contribution in [2.24, 2.45) is 0 Å². The molecule has 0 aliphatic carbocycles. The summed E-state index contributed by atoms with van der Waals surface area (Å²) >= 11 is 0. The van der Waals surface area contributed by atoms with Gasteiger partial charge in [0, 0.05) is 18.5 Å². The fraction of sp³-hybridized carbons (Fsp3) is 0.467. The van der Waals surface area contributed by atoms with Gasteiger partial charge in [0.1, 0.15) is 6.04 Å². The first-order valence-corrected chi connectivity index (χ1v) is 6.61. The number of carbonyl (C=O) groups is 2. The number of carboxylic acids is 1. The van der Waals surface area contributed by atoms with Crippen LogP contribution in [0.2, 0.25) is 0 Å². The molecule has 1 heterocycles. The van der Waals surface area contributed by atoms with Gasteiger partial charge in [0.25, 0.3) is 5.91 Å². The lowest BCUT2D eigenvalue weighted by Crippen LogP contribution is -2.41. The van der Waals surface area contributed by atoms with Gasteiger partial charge in [-0.3, -0.25) is 4.79 Å². The van der Waals surface area contributed by atoms with Crippen LogP contribution in [0.25, 0.3) is 0 Å². The monoisotopic (exact) mass is 277 g/mol. The number of amides is 1. The Balaban J connectivity index is 2.39. The number of hydrogen-bond acceptors (Lipinski definition) is 3. The third-order valence-corrected chi connectivity index (χ3v) is 3.72. The number of aryl methyl sites for hydroxylation is 3. The van der Waals surface area contributed by atoms with Gasteiger partial charge in [-0.25, -0.2) is 4.79 Å². The number of aliphatic hydroxyl groups is 1. The van der Waals surface area contributed by atoms with Crippen LogP contribution in [-0.4, -0.2) is 45.7 Å². The lowest BCUT2D eigenvalue weighted by molar-refractivity contribution is -0.141. The zero-order chi connectivity index (χ0) is 15.0. The van der Waals surface area contributed by atoms with Crippen molar-refractivity contribution in [1.29, 1.82) is 0 Å². The molecule has 0 aromatic heterocycles. The third-order valence-electron chi connectivity index (χ3n) is 3.72. The van der Waals surface area contributed by atoms with Crippen molar-refractivity contribution < 1.29 is 19.8 Å². The van der Waals surface area contributed by atoms with Crippen LogP contribution in [0.1, 0.15) is 33.5 Å². The Morgan fingerprint density at radius 1 is 1.20 bits per heavy atom. The van der Waals surface area contributed by atoms with E-state index in [-0.39, 0.29) is 18.9 Å². The minimum atomic E-state index is -1.07. The van der Waals surface area contributed by atoms with Crippen molar-refractivity contribution in [2.45, 2.75) is 39.3 Å². The Bertz CT molecular complexity index is 544. The maximum atomic E-state index is 12.6. The highest BCUT2D eigenvalue weighted by Crippen LogP contribution is 2.24. The van der Waals surface area contributed by atoms with Crippen LogP contribution in [0.15, 0.2) is 12.1 Å². The van der Waals surface area contributed by atoms with Gasteiger partial charge in [0.05, 0.1) is 6.10 Å². The SMILES string of the molecule is Cc1cc(C)c(C(=O)N2CC(O)C[C@H]2C(=O)O)c(C)c1. The largest absolute Gasteiger partial charge is 0.480 e. The first-order chi connectivity index (χ1) is 9.31. The average Bonchev–Trinajstić information content (AvgIpc) is 2.70. The van der Waals surface area contributed by atoms with E-state index in [0.717, 1.165) is 16.7 Å². The number of β-amino-alcohol motifs (C(OH)–C–C–N with tert-alkyl or cyclic N) is 1. The van der Waals surface area contributed by atoms with E-state index in [1.54, 1.807) is 0 Å². The quantitative estimate of drug-likeness (QED) is 0.853. The number of benzene rings is 1. The maximum absolute atomic E-state index is 12.6. The molecular weight excluding hydrogens is 258 g/mol. The molecule has 1 unspecified atom stereocenters. The topological polar surface area (TPSA) is 77.8 Å². The predicted octanol–water partition coefficient (Wildman–Crippen LogP) is 1.27.